The van der Waals surface area contributed by atoms with Crippen LogP contribution in [0.15, 0.2) is 59.5 Å². The summed E-state index contributed by atoms with van der Waals surface area (Å²) in [6.45, 7) is 5.25. The number of rotatable bonds is 9. The number of benzene rings is 2. The lowest BCUT2D eigenvalue weighted by Gasteiger charge is -2.14. The summed E-state index contributed by atoms with van der Waals surface area (Å²) in [5.74, 6) is -0.792. The molecule has 2 aromatic carbocycles. The molecule has 160 valence electrons. The second kappa shape index (κ2) is 10.7. The van der Waals surface area contributed by atoms with Crippen LogP contribution >= 0.6 is 0 Å². The SMILES string of the molecule is Cc1ccc(C)c(S(=O)(=O)NCCNC(=O)C(C)NC(=O)/C=C/c2ccccc2)c1. The van der Waals surface area contributed by atoms with Gasteiger partial charge in [0.2, 0.25) is 21.8 Å². The predicted molar refractivity (Wildman–Crippen MR) is 117 cm³/mol. The lowest BCUT2D eigenvalue weighted by Crippen LogP contribution is -2.46. The smallest absolute Gasteiger partial charge is 0.244 e. The highest BCUT2D eigenvalue weighted by molar-refractivity contribution is 7.89. The van der Waals surface area contributed by atoms with Gasteiger partial charge in [-0.25, -0.2) is 13.1 Å². The van der Waals surface area contributed by atoms with Crippen LogP contribution in [0.2, 0.25) is 0 Å². The average Bonchev–Trinajstić information content (AvgIpc) is 2.72. The summed E-state index contributed by atoms with van der Waals surface area (Å²) in [6, 6.07) is 13.8. The molecule has 1 atom stereocenters. The highest BCUT2D eigenvalue weighted by Gasteiger charge is 2.17. The molecule has 8 heteroatoms. The molecule has 2 aromatic rings. The van der Waals surface area contributed by atoms with Crippen molar-refractivity contribution in [2.24, 2.45) is 0 Å². The van der Waals surface area contributed by atoms with E-state index in [-0.39, 0.29) is 18.0 Å². The van der Waals surface area contributed by atoms with Crippen molar-refractivity contribution >= 4 is 27.9 Å². The molecule has 30 heavy (non-hydrogen) atoms. The van der Waals surface area contributed by atoms with Crippen LogP contribution in [-0.4, -0.2) is 39.4 Å². The van der Waals surface area contributed by atoms with Gasteiger partial charge in [-0.05, 0) is 49.6 Å². The van der Waals surface area contributed by atoms with Gasteiger partial charge in [0.05, 0.1) is 4.90 Å². The van der Waals surface area contributed by atoms with Gasteiger partial charge in [0.1, 0.15) is 6.04 Å². The van der Waals surface area contributed by atoms with Crippen LogP contribution in [0.5, 0.6) is 0 Å². The zero-order valence-corrected chi connectivity index (χ0v) is 18.1. The van der Waals surface area contributed by atoms with Gasteiger partial charge in [0.15, 0.2) is 0 Å². The third-order valence-electron chi connectivity index (χ3n) is 4.33. The third-order valence-corrected chi connectivity index (χ3v) is 5.93. The highest BCUT2D eigenvalue weighted by atomic mass is 32.2. The maximum absolute atomic E-state index is 12.4. The van der Waals surface area contributed by atoms with Crippen molar-refractivity contribution in [1.29, 1.82) is 0 Å². The largest absolute Gasteiger partial charge is 0.353 e. The molecule has 0 radical (unpaired) electrons. The van der Waals surface area contributed by atoms with Gasteiger partial charge in [-0.1, -0.05) is 42.5 Å². The van der Waals surface area contributed by atoms with Crippen LogP contribution in [0.25, 0.3) is 6.08 Å². The summed E-state index contributed by atoms with van der Waals surface area (Å²) in [4.78, 5) is 24.3. The summed E-state index contributed by atoms with van der Waals surface area (Å²) in [7, 11) is -3.66. The molecule has 0 fully saturated rings. The van der Waals surface area contributed by atoms with E-state index in [1.54, 1.807) is 32.1 Å². The minimum Gasteiger partial charge on any atom is -0.353 e. The molecule has 2 rings (SSSR count). The van der Waals surface area contributed by atoms with Gasteiger partial charge in [-0.15, -0.1) is 0 Å². The van der Waals surface area contributed by atoms with Gasteiger partial charge >= 0.3 is 0 Å². The molecule has 0 aliphatic carbocycles. The van der Waals surface area contributed by atoms with Crippen LogP contribution in [0.4, 0.5) is 0 Å². The first-order valence-electron chi connectivity index (χ1n) is 9.57. The van der Waals surface area contributed by atoms with Crippen molar-refractivity contribution in [1.82, 2.24) is 15.4 Å². The van der Waals surface area contributed by atoms with Crippen molar-refractivity contribution in [3.05, 3.63) is 71.3 Å². The van der Waals surface area contributed by atoms with E-state index in [1.165, 1.54) is 6.08 Å². The predicted octanol–water partition coefficient (Wildman–Crippen LogP) is 1.92. The number of amides is 2. The van der Waals surface area contributed by atoms with E-state index in [9.17, 15) is 18.0 Å². The van der Waals surface area contributed by atoms with Crippen molar-refractivity contribution < 1.29 is 18.0 Å². The van der Waals surface area contributed by atoms with Crippen LogP contribution in [0, 0.1) is 13.8 Å². The number of aryl methyl sites for hydroxylation is 2. The van der Waals surface area contributed by atoms with Crippen LogP contribution in [-0.2, 0) is 19.6 Å². The van der Waals surface area contributed by atoms with Crippen LogP contribution < -0.4 is 15.4 Å². The first-order valence-corrected chi connectivity index (χ1v) is 11.1. The molecular formula is C22H27N3O4S. The van der Waals surface area contributed by atoms with E-state index in [0.717, 1.165) is 11.1 Å². The average molecular weight is 430 g/mol. The lowest BCUT2D eigenvalue weighted by atomic mass is 10.2. The second-order valence-corrected chi connectivity index (χ2v) is 8.67. The highest BCUT2D eigenvalue weighted by Crippen LogP contribution is 2.16. The summed E-state index contributed by atoms with van der Waals surface area (Å²) in [5, 5.41) is 5.18. The molecule has 3 N–H and O–H groups in total. The Labute approximate surface area is 177 Å². The van der Waals surface area contributed by atoms with E-state index in [2.05, 4.69) is 15.4 Å². The Morgan fingerprint density at radius 2 is 1.73 bits per heavy atom. The number of carbonyl (C=O) groups excluding carboxylic acids is 2. The minimum absolute atomic E-state index is 0.0377. The van der Waals surface area contributed by atoms with Gasteiger partial charge in [-0.2, -0.15) is 0 Å². The fourth-order valence-electron chi connectivity index (χ4n) is 2.66. The fraction of sp³-hybridized carbons (Fsp3) is 0.273. The molecule has 7 nitrogen and oxygen atoms in total. The monoisotopic (exact) mass is 429 g/mol. The van der Waals surface area contributed by atoms with E-state index in [0.29, 0.717) is 5.56 Å². The second-order valence-electron chi connectivity index (χ2n) is 6.93. The first kappa shape index (κ1) is 23.3. The molecule has 0 spiro atoms. The van der Waals surface area contributed by atoms with E-state index in [4.69, 9.17) is 0 Å². The molecule has 0 heterocycles. The molecule has 0 aromatic heterocycles. The standard InChI is InChI=1S/C22H27N3O4S/c1-16-9-10-17(2)20(15-16)30(28,29)24-14-13-23-22(27)18(3)25-21(26)12-11-19-7-5-4-6-8-19/h4-12,15,18,24H,13-14H2,1-3H3,(H,23,27)(H,25,26)/b12-11+. The fourth-order valence-corrected chi connectivity index (χ4v) is 4.02. The zero-order valence-electron chi connectivity index (χ0n) is 17.3. The van der Waals surface area contributed by atoms with Crippen LogP contribution in [0.3, 0.4) is 0 Å². The van der Waals surface area contributed by atoms with E-state index in [1.807, 2.05) is 43.3 Å². The van der Waals surface area contributed by atoms with Crippen molar-refractivity contribution in [3.8, 4) is 0 Å². The number of hydrogen-bond acceptors (Lipinski definition) is 4. The quantitative estimate of drug-likeness (QED) is 0.418. The number of sulfonamides is 1. The summed E-state index contributed by atoms with van der Waals surface area (Å²) in [6.07, 6.45) is 3.01. The third kappa shape index (κ3) is 7.13. The van der Waals surface area contributed by atoms with Crippen molar-refractivity contribution in [2.45, 2.75) is 31.7 Å². The minimum atomic E-state index is -3.66. The van der Waals surface area contributed by atoms with E-state index < -0.39 is 27.9 Å². The normalized spacial score (nSPS) is 12.5. The van der Waals surface area contributed by atoms with Crippen LogP contribution in [0.1, 0.15) is 23.6 Å². The summed E-state index contributed by atoms with van der Waals surface area (Å²) >= 11 is 0. The molecule has 0 saturated heterocycles. The number of hydrogen-bond donors (Lipinski definition) is 3. The molecule has 1 unspecified atom stereocenters. The molecule has 0 saturated carbocycles. The van der Waals surface area contributed by atoms with Gasteiger partial charge in [-0.3, -0.25) is 9.59 Å². The van der Waals surface area contributed by atoms with Crippen molar-refractivity contribution in [3.63, 3.8) is 0 Å². The maximum atomic E-state index is 12.4. The number of nitrogens with one attached hydrogen (secondary N) is 3. The zero-order chi connectivity index (χ0) is 22.1. The Morgan fingerprint density at radius 1 is 1.03 bits per heavy atom. The maximum Gasteiger partial charge on any atom is 0.244 e. The van der Waals surface area contributed by atoms with Crippen molar-refractivity contribution in [2.75, 3.05) is 13.1 Å². The Kier molecular flexibility index (Phi) is 8.32. The Balaban J connectivity index is 1.77. The number of carbonyl (C=O) groups is 2. The topological polar surface area (TPSA) is 104 Å². The summed E-state index contributed by atoms with van der Waals surface area (Å²) in [5.41, 5.74) is 2.37. The molecular weight excluding hydrogens is 402 g/mol. The Hall–Kier alpha value is -2.97. The molecule has 0 bridgehead atoms. The molecule has 2 amide bonds. The summed E-state index contributed by atoms with van der Waals surface area (Å²) < 4.78 is 27.3. The Bertz CT molecular complexity index is 1020. The molecule has 0 aliphatic rings. The first-order chi connectivity index (χ1) is 14.2. The Morgan fingerprint density at radius 3 is 2.43 bits per heavy atom. The van der Waals surface area contributed by atoms with Gasteiger partial charge in [0, 0.05) is 19.2 Å². The van der Waals surface area contributed by atoms with Gasteiger partial charge < -0.3 is 10.6 Å². The van der Waals surface area contributed by atoms with Gasteiger partial charge in [0.25, 0.3) is 0 Å². The molecule has 0 aliphatic heterocycles. The lowest BCUT2D eigenvalue weighted by molar-refractivity contribution is -0.126. The van der Waals surface area contributed by atoms with E-state index >= 15 is 0 Å².